The number of aldehydes is 1. The Morgan fingerprint density at radius 3 is 2.65 bits per heavy atom. The van der Waals surface area contributed by atoms with E-state index in [1.54, 1.807) is 19.4 Å². The maximum atomic E-state index is 17.1. The number of carbonyl (C=O) groups excluding carboxylic acids is 2. The van der Waals surface area contributed by atoms with E-state index in [2.05, 4.69) is 15.1 Å². The van der Waals surface area contributed by atoms with Gasteiger partial charge in [0.05, 0.1) is 16.5 Å². The quantitative estimate of drug-likeness (QED) is 0.157. The molecule has 0 saturated carbocycles. The predicted octanol–water partition coefficient (Wildman–Crippen LogP) is 5.49. The fourth-order valence-electron chi connectivity index (χ4n) is 8.25. The zero-order valence-electron chi connectivity index (χ0n) is 27.8. The van der Waals surface area contributed by atoms with Crippen molar-refractivity contribution in [3.8, 4) is 17.3 Å². The first-order valence-corrected chi connectivity index (χ1v) is 17.1. The molecule has 0 aliphatic carbocycles. The molecule has 252 valence electrons. The molecule has 2 aromatic heterocycles. The third-order valence-corrected chi connectivity index (χ3v) is 10.6. The highest BCUT2D eigenvalue weighted by atomic mass is 19.1. The molecule has 3 saturated heterocycles. The Morgan fingerprint density at radius 2 is 1.88 bits per heavy atom. The van der Waals surface area contributed by atoms with E-state index in [-0.39, 0.29) is 22.8 Å². The lowest BCUT2D eigenvalue weighted by Gasteiger charge is -2.41. The monoisotopic (exact) mass is 654 g/mol. The molecule has 3 aliphatic rings. The van der Waals surface area contributed by atoms with E-state index in [0.717, 1.165) is 93.5 Å². The molecule has 0 radical (unpaired) electrons. The molecule has 1 amide bonds. The number of piperidine rings is 1. The Kier molecular flexibility index (Phi) is 9.00. The summed E-state index contributed by atoms with van der Waals surface area (Å²) in [5, 5.41) is 5.13. The molecule has 3 fully saturated rings. The number of ether oxygens (including phenoxy) is 2. The van der Waals surface area contributed by atoms with Crippen molar-refractivity contribution in [3.05, 3.63) is 53.5 Å². The number of amides is 1. The number of anilines is 1. The number of aryl methyl sites for hydroxylation is 1. The van der Waals surface area contributed by atoms with Crippen molar-refractivity contribution in [2.45, 2.75) is 69.4 Å². The number of hydrogen-bond acceptors (Lipinski definition) is 9. The molecule has 48 heavy (non-hydrogen) atoms. The van der Waals surface area contributed by atoms with Gasteiger partial charge >= 0.3 is 6.01 Å². The highest BCUT2D eigenvalue weighted by molar-refractivity contribution is 6.03. The minimum absolute atomic E-state index is 0.0363. The van der Waals surface area contributed by atoms with Gasteiger partial charge in [0.2, 0.25) is 6.41 Å². The number of nitrogens with zero attached hydrogens (tertiary/aromatic N) is 5. The summed E-state index contributed by atoms with van der Waals surface area (Å²) in [6.45, 7) is 6.35. The van der Waals surface area contributed by atoms with Crippen molar-refractivity contribution in [3.63, 3.8) is 0 Å². The Hall–Kier alpha value is -4.22. The smallest absolute Gasteiger partial charge is 0.319 e. The first-order chi connectivity index (χ1) is 23.4. The lowest BCUT2D eigenvalue weighted by atomic mass is 9.91. The Balaban J connectivity index is 1.37. The number of halogens is 1. The second-order valence-corrected chi connectivity index (χ2v) is 13.9. The third-order valence-electron chi connectivity index (χ3n) is 10.6. The number of aromatic nitrogens is 3. The second kappa shape index (κ2) is 13.4. The van der Waals surface area contributed by atoms with E-state index in [1.807, 2.05) is 31.2 Å². The molecule has 1 unspecified atom stereocenters. The number of nitrogens with one attached hydrogen (secondary N) is 1. The van der Waals surface area contributed by atoms with Crippen LogP contribution in [0.5, 0.6) is 6.01 Å². The minimum atomic E-state index is -0.593. The minimum Gasteiger partial charge on any atom is -0.461 e. The van der Waals surface area contributed by atoms with Crippen LogP contribution < -0.4 is 15.0 Å². The molecule has 0 spiro atoms. The Morgan fingerprint density at radius 1 is 1.06 bits per heavy atom. The number of rotatable bonds is 12. The molecule has 10 nitrogen and oxygen atoms in total. The number of carbonyl (C=O) groups is 2. The van der Waals surface area contributed by atoms with Gasteiger partial charge in [0.15, 0.2) is 5.82 Å². The van der Waals surface area contributed by atoms with Gasteiger partial charge < -0.3 is 19.7 Å². The lowest BCUT2D eigenvalue weighted by molar-refractivity contribution is -0.111. The van der Waals surface area contributed by atoms with E-state index < -0.39 is 11.4 Å². The van der Waals surface area contributed by atoms with E-state index in [4.69, 9.17) is 24.4 Å². The molecule has 1 N–H and O–H groups in total. The average Bonchev–Trinajstić information content (AvgIpc) is 3.68. The number of hydrogen-bond donors (Lipinski definition) is 1. The largest absolute Gasteiger partial charge is 0.461 e. The van der Waals surface area contributed by atoms with E-state index in [0.29, 0.717) is 48.6 Å². The molecule has 7 rings (SSSR count). The average molecular weight is 655 g/mol. The SMILES string of the molecule is COCCCc1cccc2cc(C=O)cc(-c3ncc4c(N5CCCC(C)(NC=O)C5)nc(OCC56CCCN5CCC6)nc4c3F)c12. The van der Waals surface area contributed by atoms with E-state index >= 15 is 4.39 Å². The molecule has 4 aromatic rings. The van der Waals surface area contributed by atoms with Crippen LogP contribution in [-0.4, -0.2) is 90.1 Å². The van der Waals surface area contributed by atoms with Crippen molar-refractivity contribution in [1.29, 1.82) is 0 Å². The van der Waals surface area contributed by atoms with Crippen LogP contribution in [0.2, 0.25) is 0 Å². The van der Waals surface area contributed by atoms with Crippen LogP contribution in [0.15, 0.2) is 36.5 Å². The van der Waals surface area contributed by atoms with Gasteiger partial charge in [-0.2, -0.15) is 9.97 Å². The van der Waals surface area contributed by atoms with Gasteiger partial charge in [0, 0.05) is 44.1 Å². The van der Waals surface area contributed by atoms with Crippen LogP contribution in [0.25, 0.3) is 32.9 Å². The first kappa shape index (κ1) is 32.3. The standard InChI is InChI=1S/C37H43FN6O4/c1-36(40-24-46)11-5-14-43(22-36)34-29-20-39-32(28-19-25(21-45)18-27-9-3-8-26(30(27)28)10-4-17-47-2)31(38)33(29)41-35(42-34)48-23-37-12-6-15-44(37)16-7-13-37/h3,8-9,18-21,24H,4-7,10-17,22-23H2,1-2H3,(H,40,46). The number of benzene rings is 2. The molecule has 5 heterocycles. The Bertz CT molecular complexity index is 1840. The summed E-state index contributed by atoms with van der Waals surface area (Å²) in [7, 11) is 1.67. The molecular weight excluding hydrogens is 611 g/mol. The fraction of sp³-hybridized carbons (Fsp3) is 0.486. The fourth-order valence-corrected chi connectivity index (χ4v) is 8.25. The third kappa shape index (κ3) is 5.98. The van der Waals surface area contributed by atoms with Gasteiger partial charge in [-0.15, -0.1) is 0 Å². The number of methoxy groups -OCH3 is 1. The normalized spacial score (nSPS) is 20.7. The summed E-state index contributed by atoms with van der Waals surface area (Å²) in [5.41, 5.74) is 1.73. The van der Waals surface area contributed by atoms with E-state index in [9.17, 15) is 9.59 Å². The van der Waals surface area contributed by atoms with Gasteiger partial charge in [-0.3, -0.25) is 19.5 Å². The zero-order chi connectivity index (χ0) is 33.3. The van der Waals surface area contributed by atoms with Crippen molar-refractivity contribution in [2.75, 3.05) is 51.4 Å². The highest BCUT2D eigenvalue weighted by Gasteiger charge is 2.45. The van der Waals surface area contributed by atoms with Gasteiger partial charge in [-0.1, -0.05) is 18.2 Å². The highest BCUT2D eigenvalue weighted by Crippen LogP contribution is 2.41. The van der Waals surface area contributed by atoms with Gasteiger partial charge in [-0.05, 0) is 99.8 Å². The molecular formula is C37H43FN6O4. The molecule has 0 bridgehead atoms. The summed E-state index contributed by atoms with van der Waals surface area (Å²) in [4.78, 5) is 42.4. The number of pyridine rings is 1. The van der Waals surface area contributed by atoms with Gasteiger partial charge in [0.1, 0.15) is 29.9 Å². The van der Waals surface area contributed by atoms with Crippen LogP contribution in [0.1, 0.15) is 67.8 Å². The molecule has 1 atom stereocenters. The van der Waals surface area contributed by atoms with Crippen molar-refractivity contribution in [2.24, 2.45) is 0 Å². The summed E-state index contributed by atoms with van der Waals surface area (Å²) in [6.07, 6.45) is 10.7. The van der Waals surface area contributed by atoms with Crippen LogP contribution >= 0.6 is 0 Å². The van der Waals surface area contributed by atoms with Gasteiger partial charge in [0.25, 0.3) is 0 Å². The van der Waals surface area contributed by atoms with Crippen LogP contribution in [0.3, 0.4) is 0 Å². The maximum Gasteiger partial charge on any atom is 0.319 e. The van der Waals surface area contributed by atoms with Gasteiger partial charge in [-0.25, -0.2) is 4.39 Å². The summed E-state index contributed by atoms with van der Waals surface area (Å²) in [6, 6.07) is 9.59. The molecule has 11 heteroatoms. The second-order valence-electron chi connectivity index (χ2n) is 13.9. The van der Waals surface area contributed by atoms with Crippen LogP contribution in [0, 0.1) is 5.82 Å². The first-order valence-electron chi connectivity index (χ1n) is 17.1. The predicted molar refractivity (Wildman–Crippen MR) is 183 cm³/mol. The van der Waals surface area contributed by atoms with Crippen molar-refractivity contribution < 1.29 is 23.5 Å². The summed E-state index contributed by atoms with van der Waals surface area (Å²) >= 11 is 0. The summed E-state index contributed by atoms with van der Waals surface area (Å²) < 4.78 is 28.8. The van der Waals surface area contributed by atoms with E-state index in [1.165, 1.54) is 0 Å². The topological polar surface area (TPSA) is 110 Å². The van der Waals surface area contributed by atoms with Crippen molar-refractivity contribution >= 4 is 40.2 Å². The molecule has 2 aromatic carbocycles. The van der Waals surface area contributed by atoms with Crippen molar-refractivity contribution in [1.82, 2.24) is 25.2 Å². The van der Waals surface area contributed by atoms with Crippen LogP contribution in [0.4, 0.5) is 10.2 Å². The summed E-state index contributed by atoms with van der Waals surface area (Å²) in [5.74, 6) is -0.0603. The van der Waals surface area contributed by atoms with Crippen LogP contribution in [-0.2, 0) is 16.0 Å². The zero-order valence-corrected chi connectivity index (χ0v) is 27.8. The Labute approximate surface area is 280 Å². The molecule has 3 aliphatic heterocycles. The maximum absolute atomic E-state index is 17.1. The lowest BCUT2D eigenvalue weighted by Crippen LogP contribution is -2.55. The number of fused-ring (bicyclic) bond motifs is 3.